The highest BCUT2D eigenvalue weighted by Gasteiger charge is 2.27. The average Bonchev–Trinajstić information content (AvgIpc) is 2.87. The maximum atomic E-state index is 15.7. The number of hydrogen-bond donors (Lipinski definition) is 3. The van der Waals surface area contributed by atoms with Gasteiger partial charge in [-0.2, -0.15) is 5.10 Å². The van der Waals surface area contributed by atoms with Crippen LogP contribution in [0.25, 0.3) is 0 Å². The molecule has 1 heterocycles. The second-order valence-electron chi connectivity index (χ2n) is 7.70. The molecule has 0 bridgehead atoms. The second-order valence-corrected chi connectivity index (χ2v) is 7.70. The fourth-order valence-corrected chi connectivity index (χ4v) is 3.35. The highest BCUT2D eigenvalue weighted by Crippen LogP contribution is 2.33. The summed E-state index contributed by atoms with van der Waals surface area (Å²) in [6, 6.07) is 14.1. The molecule has 0 spiro atoms. The largest absolute Gasteiger partial charge is 0.497 e. The molecule has 4 N–H and O–H groups in total. The number of carbonyl (C=O) groups is 1. The van der Waals surface area contributed by atoms with Crippen LogP contribution in [0.1, 0.15) is 17.2 Å². The molecule has 0 aliphatic rings. The predicted molar refractivity (Wildman–Crippen MR) is 136 cm³/mol. The Bertz CT molecular complexity index is 1210. The van der Waals surface area contributed by atoms with Crippen LogP contribution in [0.5, 0.6) is 11.5 Å². The van der Waals surface area contributed by atoms with Gasteiger partial charge in [0, 0.05) is 24.4 Å². The minimum absolute atomic E-state index is 0.0425. The van der Waals surface area contributed by atoms with Crippen LogP contribution in [0, 0.1) is 12.7 Å². The van der Waals surface area contributed by atoms with E-state index in [2.05, 4.69) is 20.7 Å². The number of hydrogen-bond acceptors (Lipinski definition) is 8. The standard InChI is InChI=1S/C25H28F2N6O3/c1-16-7-9-17(10-8-16)30-24(19-13-18(35-3)14-20(23(19)27)36-12-11-26)25(29-15-34)32-33(2)22-6-4-5-21(28)31-22/h4-10,13-15,24,30H,11-12H2,1-3H3,(H2,28,31)(H,29,32,34). The van der Waals surface area contributed by atoms with Gasteiger partial charge < -0.3 is 25.8 Å². The molecule has 0 fully saturated rings. The van der Waals surface area contributed by atoms with Crippen molar-refractivity contribution in [3.05, 3.63) is 71.5 Å². The lowest BCUT2D eigenvalue weighted by molar-refractivity contribution is -0.108. The SMILES string of the molecule is COc1cc(OCCF)c(F)c(C(Nc2ccc(C)cc2)/C(=N/N(C)c2cccc(N)n2)NC=O)c1. The van der Waals surface area contributed by atoms with E-state index < -0.39 is 18.5 Å². The van der Waals surface area contributed by atoms with Crippen LogP contribution in [0.15, 0.2) is 59.7 Å². The first-order chi connectivity index (χ1) is 17.4. The summed E-state index contributed by atoms with van der Waals surface area (Å²) in [5, 5.41) is 11.6. The fraction of sp³-hybridized carbons (Fsp3) is 0.240. The Labute approximate surface area is 207 Å². The number of amides is 1. The van der Waals surface area contributed by atoms with Crippen LogP contribution in [-0.2, 0) is 4.79 Å². The third-order valence-electron chi connectivity index (χ3n) is 5.11. The number of pyridine rings is 1. The number of alkyl halides is 1. The topological polar surface area (TPSA) is 114 Å². The van der Waals surface area contributed by atoms with Crippen LogP contribution in [0.2, 0.25) is 0 Å². The van der Waals surface area contributed by atoms with E-state index in [4.69, 9.17) is 15.2 Å². The van der Waals surface area contributed by atoms with Gasteiger partial charge in [0.05, 0.1) is 7.11 Å². The molecular weight excluding hydrogens is 470 g/mol. The van der Waals surface area contributed by atoms with Crippen molar-refractivity contribution < 1.29 is 23.0 Å². The molecule has 0 aliphatic heterocycles. The number of nitrogens with two attached hydrogens (primary N) is 1. The molecule has 0 radical (unpaired) electrons. The first-order valence-electron chi connectivity index (χ1n) is 11.0. The van der Waals surface area contributed by atoms with Crippen LogP contribution in [-0.4, -0.2) is 44.7 Å². The minimum atomic E-state index is -1.02. The van der Waals surface area contributed by atoms with E-state index in [1.807, 2.05) is 31.2 Å². The number of methoxy groups -OCH3 is 1. The fourth-order valence-electron chi connectivity index (χ4n) is 3.35. The Morgan fingerprint density at radius 2 is 2.00 bits per heavy atom. The number of aromatic nitrogens is 1. The van der Waals surface area contributed by atoms with E-state index >= 15 is 4.39 Å². The molecule has 0 saturated carbocycles. The van der Waals surface area contributed by atoms with Gasteiger partial charge in [-0.1, -0.05) is 23.8 Å². The number of rotatable bonds is 11. The molecule has 1 atom stereocenters. The zero-order valence-electron chi connectivity index (χ0n) is 20.2. The van der Waals surface area contributed by atoms with Crippen molar-refractivity contribution in [1.29, 1.82) is 0 Å². The smallest absolute Gasteiger partial charge is 0.212 e. The highest BCUT2D eigenvalue weighted by molar-refractivity contribution is 5.97. The zero-order valence-corrected chi connectivity index (χ0v) is 20.2. The van der Waals surface area contributed by atoms with Gasteiger partial charge in [-0.25, -0.2) is 18.8 Å². The van der Waals surface area contributed by atoms with Gasteiger partial charge in [-0.3, -0.25) is 4.79 Å². The normalized spacial score (nSPS) is 12.0. The van der Waals surface area contributed by atoms with Crippen LogP contribution in [0.3, 0.4) is 0 Å². The molecule has 0 saturated heterocycles. The summed E-state index contributed by atoms with van der Waals surface area (Å²) < 4.78 is 39.0. The van der Waals surface area contributed by atoms with E-state index in [0.717, 1.165) is 5.56 Å². The first kappa shape index (κ1) is 26.2. The molecule has 36 heavy (non-hydrogen) atoms. The summed E-state index contributed by atoms with van der Waals surface area (Å²) in [7, 11) is 3.02. The van der Waals surface area contributed by atoms with Crippen molar-refractivity contribution in [3.8, 4) is 11.5 Å². The van der Waals surface area contributed by atoms with Crippen molar-refractivity contribution in [2.75, 3.05) is 43.5 Å². The van der Waals surface area contributed by atoms with Gasteiger partial charge in [0.25, 0.3) is 0 Å². The number of nitrogens with zero attached hydrogens (tertiary/aromatic N) is 3. The van der Waals surface area contributed by atoms with Crippen LogP contribution < -0.4 is 30.8 Å². The predicted octanol–water partition coefficient (Wildman–Crippen LogP) is 3.82. The first-order valence-corrected chi connectivity index (χ1v) is 11.0. The van der Waals surface area contributed by atoms with Gasteiger partial charge >= 0.3 is 0 Å². The van der Waals surface area contributed by atoms with Gasteiger partial charge in [0.1, 0.15) is 30.9 Å². The quantitative estimate of drug-likeness (QED) is 0.159. The number of hydrazone groups is 1. The maximum absolute atomic E-state index is 15.7. The van der Waals surface area contributed by atoms with Crippen molar-refractivity contribution >= 4 is 29.6 Å². The molecule has 3 aromatic rings. The van der Waals surface area contributed by atoms with Crippen LogP contribution in [0.4, 0.5) is 26.1 Å². The van der Waals surface area contributed by atoms with Gasteiger partial charge in [0.2, 0.25) is 6.41 Å². The molecule has 1 aromatic heterocycles. The number of nitrogens with one attached hydrogen (secondary N) is 2. The second kappa shape index (κ2) is 12.3. The monoisotopic (exact) mass is 498 g/mol. The van der Waals surface area contributed by atoms with Crippen molar-refractivity contribution in [3.63, 3.8) is 0 Å². The Hall–Kier alpha value is -4.41. The summed E-state index contributed by atoms with van der Waals surface area (Å²) in [5.41, 5.74) is 7.49. The van der Waals surface area contributed by atoms with E-state index in [0.29, 0.717) is 17.9 Å². The Balaban J connectivity index is 2.15. The minimum Gasteiger partial charge on any atom is -0.497 e. The van der Waals surface area contributed by atoms with Gasteiger partial charge in [-0.05, 0) is 37.3 Å². The Kier molecular flexibility index (Phi) is 8.98. The number of amidine groups is 1. The van der Waals surface area contributed by atoms with E-state index in [9.17, 15) is 9.18 Å². The molecular formula is C25H28F2N6O3. The van der Waals surface area contributed by atoms with E-state index in [-0.39, 0.29) is 35.3 Å². The lowest BCUT2D eigenvalue weighted by Crippen LogP contribution is -2.36. The Morgan fingerprint density at radius 1 is 1.25 bits per heavy atom. The van der Waals surface area contributed by atoms with Crippen LogP contribution >= 0.6 is 0 Å². The molecule has 11 heteroatoms. The molecule has 190 valence electrons. The molecule has 0 aliphatic carbocycles. The Morgan fingerprint density at radius 3 is 2.64 bits per heavy atom. The number of nitrogen functional groups attached to an aromatic ring is 1. The van der Waals surface area contributed by atoms with Gasteiger partial charge in [0.15, 0.2) is 23.2 Å². The summed E-state index contributed by atoms with van der Waals surface area (Å²) >= 11 is 0. The van der Waals surface area contributed by atoms with Crippen molar-refractivity contribution in [1.82, 2.24) is 10.3 Å². The molecule has 1 unspecified atom stereocenters. The maximum Gasteiger partial charge on any atom is 0.212 e. The number of aryl methyl sites for hydroxylation is 1. The average molecular weight is 499 g/mol. The third kappa shape index (κ3) is 6.59. The zero-order chi connectivity index (χ0) is 26.1. The molecule has 2 aromatic carbocycles. The lowest BCUT2D eigenvalue weighted by Gasteiger charge is -2.25. The third-order valence-corrected chi connectivity index (χ3v) is 5.11. The van der Waals surface area contributed by atoms with Crippen molar-refractivity contribution in [2.24, 2.45) is 5.10 Å². The van der Waals surface area contributed by atoms with Crippen molar-refractivity contribution in [2.45, 2.75) is 13.0 Å². The van der Waals surface area contributed by atoms with E-state index in [1.54, 1.807) is 25.2 Å². The number of benzene rings is 2. The number of anilines is 3. The number of ether oxygens (including phenoxy) is 2. The molecule has 1 amide bonds. The van der Waals surface area contributed by atoms with E-state index in [1.165, 1.54) is 24.3 Å². The molecule has 9 nitrogen and oxygen atoms in total. The summed E-state index contributed by atoms with van der Waals surface area (Å²) in [6.07, 6.45) is 0.432. The number of halogens is 2. The summed E-state index contributed by atoms with van der Waals surface area (Å²) in [4.78, 5) is 15.8. The summed E-state index contributed by atoms with van der Waals surface area (Å²) in [6.45, 7) is 0.803. The highest BCUT2D eigenvalue weighted by atomic mass is 19.1. The molecule has 3 rings (SSSR count). The summed E-state index contributed by atoms with van der Waals surface area (Å²) in [5.74, 6) is 0.0239. The van der Waals surface area contributed by atoms with Gasteiger partial charge in [-0.15, -0.1) is 0 Å². The lowest BCUT2D eigenvalue weighted by atomic mass is 10.0. The number of carbonyl (C=O) groups excluding carboxylic acids is 1.